The molecule has 1 aromatic rings. The number of hydrogen-bond donors (Lipinski definition) is 1. The second-order valence-electron chi connectivity index (χ2n) is 3.95. The van der Waals surface area contributed by atoms with Crippen molar-refractivity contribution in [3.8, 4) is 0 Å². The van der Waals surface area contributed by atoms with E-state index in [1.165, 1.54) is 0 Å². The Kier molecular flexibility index (Phi) is 3.08. The maximum Gasteiger partial charge on any atom is 0.311 e. The molecule has 1 N–H and O–H groups in total. The Bertz CT molecular complexity index is 420. The van der Waals surface area contributed by atoms with Crippen molar-refractivity contribution in [3.63, 3.8) is 0 Å². The number of hydrogen-bond acceptors (Lipinski definition) is 3. The first-order valence-corrected chi connectivity index (χ1v) is 5.60. The van der Waals surface area contributed by atoms with E-state index < -0.39 is 0 Å². The van der Waals surface area contributed by atoms with Gasteiger partial charge in [-0.1, -0.05) is 0 Å². The smallest absolute Gasteiger partial charge is 0.311 e. The number of H-pyrrole nitrogens is 1. The molecule has 4 heteroatoms. The van der Waals surface area contributed by atoms with Gasteiger partial charge in [0.2, 0.25) is 0 Å². The fourth-order valence-electron chi connectivity index (χ4n) is 2.03. The number of ketones is 1. The minimum absolute atomic E-state index is 0.174. The summed E-state index contributed by atoms with van der Waals surface area (Å²) in [5.74, 6) is -0.0823. The average molecular weight is 221 g/mol. The highest BCUT2D eigenvalue weighted by Crippen LogP contribution is 2.21. The van der Waals surface area contributed by atoms with Crippen molar-refractivity contribution >= 4 is 11.8 Å². The number of aryl methyl sites for hydroxylation is 1. The van der Waals surface area contributed by atoms with Crippen molar-refractivity contribution in [1.82, 2.24) is 4.98 Å². The summed E-state index contributed by atoms with van der Waals surface area (Å²) in [4.78, 5) is 26.0. The summed E-state index contributed by atoms with van der Waals surface area (Å²) in [7, 11) is 0. The van der Waals surface area contributed by atoms with E-state index in [1.807, 2.05) is 0 Å². The number of fused-ring (bicyclic) bond motifs is 1. The van der Waals surface area contributed by atoms with Crippen molar-refractivity contribution in [2.75, 3.05) is 6.61 Å². The molecule has 4 nitrogen and oxygen atoms in total. The molecule has 0 aromatic carbocycles. The van der Waals surface area contributed by atoms with Crippen LogP contribution in [0.25, 0.3) is 0 Å². The van der Waals surface area contributed by atoms with Crippen molar-refractivity contribution < 1.29 is 14.3 Å². The highest BCUT2D eigenvalue weighted by atomic mass is 16.5. The molecule has 86 valence electrons. The third-order valence-electron chi connectivity index (χ3n) is 2.73. The molecule has 0 bridgehead atoms. The van der Waals surface area contributed by atoms with Crippen LogP contribution >= 0.6 is 0 Å². The minimum Gasteiger partial charge on any atom is -0.466 e. The molecule has 0 saturated carbocycles. The van der Waals surface area contributed by atoms with Crippen LogP contribution in [0.3, 0.4) is 0 Å². The van der Waals surface area contributed by atoms with Gasteiger partial charge in [0.15, 0.2) is 5.78 Å². The number of aromatic amines is 1. The van der Waals surface area contributed by atoms with Gasteiger partial charge in [0.25, 0.3) is 0 Å². The van der Waals surface area contributed by atoms with Crippen LogP contribution in [0.5, 0.6) is 0 Å². The van der Waals surface area contributed by atoms with Crippen molar-refractivity contribution in [1.29, 1.82) is 0 Å². The van der Waals surface area contributed by atoms with E-state index in [0.29, 0.717) is 13.0 Å². The zero-order valence-corrected chi connectivity index (χ0v) is 9.34. The summed E-state index contributed by atoms with van der Waals surface area (Å²) in [6, 6.07) is 1.79. The molecule has 1 aromatic heterocycles. The number of rotatable bonds is 3. The van der Waals surface area contributed by atoms with Gasteiger partial charge in [0.1, 0.15) is 0 Å². The zero-order chi connectivity index (χ0) is 11.5. The van der Waals surface area contributed by atoms with Crippen LogP contribution in [-0.4, -0.2) is 23.3 Å². The van der Waals surface area contributed by atoms with E-state index in [0.717, 1.165) is 29.8 Å². The molecule has 0 amide bonds. The Morgan fingerprint density at radius 2 is 2.31 bits per heavy atom. The van der Waals surface area contributed by atoms with Crippen LogP contribution < -0.4 is 0 Å². The van der Waals surface area contributed by atoms with Gasteiger partial charge >= 0.3 is 5.97 Å². The second kappa shape index (κ2) is 4.51. The normalized spacial score (nSPS) is 14.7. The molecule has 1 aliphatic rings. The van der Waals surface area contributed by atoms with Gasteiger partial charge in [0.05, 0.1) is 13.0 Å². The molecule has 0 saturated heterocycles. The predicted octanol–water partition coefficient (Wildman–Crippen LogP) is 1.64. The molecule has 16 heavy (non-hydrogen) atoms. The van der Waals surface area contributed by atoms with Crippen LogP contribution in [0.4, 0.5) is 0 Å². The Hall–Kier alpha value is -1.58. The number of esters is 1. The van der Waals surface area contributed by atoms with E-state index >= 15 is 0 Å². The van der Waals surface area contributed by atoms with E-state index in [9.17, 15) is 9.59 Å². The molecular weight excluding hydrogens is 206 g/mol. The lowest BCUT2D eigenvalue weighted by Gasteiger charge is -2.08. The maximum atomic E-state index is 11.6. The summed E-state index contributed by atoms with van der Waals surface area (Å²) < 4.78 is 4.86. The lowest BCUT2D eigenvalue weighted by atomic mass is 9.97. The quantitative estimate of drug-likeness (QED) is 0.789. The van der Waals surface area contributed by atoms with Crippen LogP contribution in [0.1, 0.15) is 41.5 Å². The molecule has 2 rings (SSSR count). The van der Waals surface area contributed by atoms with Crippen LogP contribution in [0.2, 0.25) is 0 Å². The van der Waals surface area contributed by atoms with E-state index in [1.54, 1.807) is 13.0 Å². The Morgan fingerprint density at radius 3 is 3.00 bits per heavy atom. The number of ether oxygens (including phenoxy) is 1. The summed E-state index contributed by atoms with van der Waals surface area (Å²) in [6.07, 6.45) is 2.62. The third kappa shape index (κ3) is 2.15. The van der Waals surface area contributed by atoms with Crippen molar-refractivity contribution in [3.05, 3.63) is 23.0 Å². The van der Waals surface area contributed by atoms with Gasteiger partial charge in [-0.05, 0) is 25.8 Å². The molecule has 0 aliphatic heterocycles. The fraction of sp³-hybridized carbons (Fsp3) is 0.500. The van der Waals surface area contributed by atoms with E-state index in [4.69, 9.17) is 4.74 Å². The van der Waals surface area contributed by atoms with Crippen molar-refractivity contribution in [2.24, 2.45) is 0 Å². The molecule has 0 unspecified atom stereocenters. The van der Waals surface area contributed by atoms with Crippen molar-refractivity contribution in [2.45, 2.75) is 32.6 Å². The number of aromatic nitrogens is 1. The molecule has 0 radical (unpaired) electrons. The SMILES string of the molecule is CCOC(=O)Cc1cc2c([nH]1)CCCC2=O. The van der Waals surface area contributed by atoms with Gasteiger partial charge in [-0.3, -0.25) is 9.59 Å². The van der Waals surface area contributed by atoms with Gasteiger partial charge in [-0.2, -0.15) is 0 Å². The fourth-order valence-corrected chi connectivity index (χ4v) is 2.03. The standard InChI is InChI=1S/C12H15NO3/c1-2-16-12(15)7-8-6-9-10(13-8)4-3-5-11(9)14/h6,13H,2-5,7H2,1H3. The highest BCUT2D eigenvalue weighted by Gasteiger charge is 2.20. The van der Waals surface area contributed by atoms with E-state index in [-0.39, 0.29) is 18.2 Å². The summed E-state index contributed by atoms with van der Waals surface area (Å²) >= 11 is 0. The summed E-state index contributed by atoms with van der Waals surface area (Å²) in [5.41, 5.74) is 2.50. The number of nitrogens with one attached hydrogen (secondary N) is 1. The lowest BCUT2D eigenvalue weighted by molar-refractivity contribution is -0.142. The van der Waals surface area contributed by atoms with Gasteiger partial charge < -0.3 is 9.72 Å². The largest absolute Gasteiger partial charge is 0.466 e. The van der Waals surface area contributed by atoms with Gasteiger partial charge in [-0.25, -0.2) is 0 Å². The average Bonchev–Trinajstić information content (AvgIpc) is 2.62. The number of carbonyl (C=O) groups excluding carboxylic acids is 2. The first-order chi connectivity index (χ1) is 7.70. The molecule has 0 spiro atoms. The lowest BCUT2D eigenvalue weighted by Crippen LogP contribution is -2.08. The minimum atomic E-state index is -0.256. The van der Waals surface area contributed by atoms with Crippen LogP contribution in [-0.2, 0) is 22.4 Å². The van der Waals surface area contributed by atoms with Crippen LogP contribution in [0, 0.1) is 0 Å². The molecule has 1 heterocycles. The molecule has 0 atom stereocenters. The first-order valence-electron chi connectivity index (χ1n) is 5.60. The Labute approximate surface area is 94.0 Å². The second-order valence-corrected chi connectivity index (χ2v) is 3.95. The molecular formula is C12H15NO3. The maximum absolute atomic E-state index is 11.6. The molecule has 1 aliphatic carbocycles. The summed E-state index contributed by atoms with van der Waals surface area (Å²) in [5, 5.41) is 0. The highest BCUT2D eigenvalue weighted by molar-refractivity contribution is 5.98. The molecule has 0 fully saturated rings. The Morgan fingerprint density at radius 1 is 1.50 bits per heavy atom. The number of carbonyl (C=O) groups is 2. The van der Waals surface area contributed by atoms with Gasteiger partial charge in [0, 0.05) is 23.4 Å². The topological polar surface area (TPSA) is 59.2 Å². The summed E-state index contributed by atoms with van der Waals surface area (Å²) in [6.45, 7) is 2.17. The Balaban J connectivity index is 2.12. The first kappa shape index (κ1) is 10.9. The number of Topliss-reactive ketones (excluding diaryl/α,β-unsaturated/α-hetero) is 1. The monoisotopic (exact) mass is 221 g/mol. The third-order valence-corrected chi connectivity index (χ3v) is 2.73. The van der Waals surface area contributed by atoms with E-state index in [2.05, 4.69) is 4.98 Å². The van der Waals surface area contributed by atoms with Gasteiger partial charge in [-0.15, -0.1) is 0 Å². The van der Waals surface area contributed by atoms with Crippen LogP contribution in [0.15, 0.2) is 6.07 Å². The zero-order valence-electron chi connectivity index (χ0n) is 9.34. The predicted molar refractivity (Wildman–Crippen MR) is 58.4 cm³/mol.